The normalized spacial score (nSPS) is 20.1. The lowest BCUT2D eigenvalue weighted by atomic mass is 10.1. The second kappa shape index (κ2) is 8.46. The Morgan fingerprint density at radius 3 is 2.71 bits per heavy atom. The highest BCUT2D eigenvalue weighted by atomic mass is 16.5. The average Bonchev–Trinajstić information content (AvgIpc) is 2.39. The van der Waals surface area contributed by atoms with Crippen LogP contribution in [0.4, 0.5) is 0 Å². The van der Waals surface area contributed by atoms with Gasteiger partial charge < -0.3 is 15.0 Å². The second-order valence-corrected chi connectivity index (χ2v) is 4.70. The third-order valence-electron chi connectivity index (χ3n) is 3.40. The zero-order valence-electron chi connectivity index (χ0n) is 11.1. The highest BCUT2D eigenvalue weighted by Gasteiger charge is 2.19. The van der Waals surface area contributed by atoms with Crippen LogP contribution in [0, 0.1) is 11.3 Å². The van der Waals surface area contributed by atoms with E-state index in [1.54, 1.807) is 7.11 Å². The number of nitrogens with one attached hydrogen (secondary N) is 1. The molecule has 0 aromatic rings. The van der Waals surface area contributed by atoms with E-state index in [0.717, 1.165) is 51.9 Å². The summed E-state index contributed by atoms with van der Waals surface area (Å²) in [6.07, 6.45) is 4.69. The Hall–Kier alpha value is -0.630. The summed E-state index contributed by atoms with van der Waals surface area (Å²) < 4.78 is 5.35. The highest BCUT2D eigenvalue weighted by Crippen LogP contribution is 2.13. The Morgan fingerprint density at radius 2 is 2.18 bits per heavy atom. The van der Waals surface area contributed by atoms with Gasteiger partial charge in [0.25, 0.3) is 0 Å². The number of nitrogens with zero attached hydrogens (tertiary/aromatic N) is 2. The lowest BCUT2D eigenvalue weighted by molar-refractivity contribution is 0.0405. The molecular weight excluding hydrogens is 214 g/mol. The van der Waals surface area contributed by atoms with Gasteiger partial charge in [-0.1, -0.05) is 6.92 Å². The molecule has 0 aromatic carbocycles. The molecule has 1 heterocycles. The van der Waals surface area contributed by atoms with Crippen LogP contribution < -0.4 is 5.32 Å². The summed E-state index contributed by atoms with van der Waals surface area (Å²) in [7, 11) is 1.79. The van der Waals surface area contributed by atoms with Gasteiger partial charge in [-0.3, -0.25) is 0 Å². The number of piperidine rings is 1. The fourth-order valence-corrected chi connectivity index (χ4v) is 2.21. The molecular formula is C13H25N3O. The van der Waals surface area contributed by atoms with Gasteiger partial charge in [0.1, 0.15) is 0 Å². The van der Waals surface area contributed by atoms with Crippen LogP contribution in [0.5, 0.6) is 0 Å². The Balaban J connectivity index is 2.15. The number of hydrogen-bond acceptors (Lipinski definition) is 4. The van der Waals surface area contributed by atoms with Gasteiger partial charge in [0.15, 0.2) is 0 Å². The molecule has 1 aliphatic rings. The average molecular weight is 239 g/mol. The van der Waals surface area contributed by atoms with Gasteiger partial charge in [0.05, 0.1) is 18.2 Å². The summed E-state index contributed by atoms with van der Waals surface area (Å²) in [6, 6.07) is 2.34. The van der Waals surface area contributed by atoms with Gasteiger partial charge in [0.2, 0.25) is 0 Å². The monoisotopic (exact) mass is 239 g/mol. The number of likely N-dealkylation sites (tertiary alicyclic amines) is 1. The molecule has 17 heavy (non-hydrogen) atoms. The first-order valence-corrected chi connectivity index (χ1v) is 6.68. The Morgan fingerprint density at radius 1 is 1.47 bits per heavy atom. The minimum absolute atomic E-state index is 0.00935. The maximum absolute atomic E-state index is 9.01. The summed E-state index contributed by atoms with van der Waals surface area (Å²) >= 11 is 0. The minimum Gasteiger partial charge on any atom is -0.381 e. The summed E-state index contributed by atoms with van der Waals surface area (Å²) in [5, 5.41) is 12.3. The molecule has 4 nitrogen and oxygen atoms in total. The van der Waals surface area contributed by atoms with Crippen molar-refractivity contribution < 1.29 is 4.74 Å². The molecule has 4 heteroatoms. The van der Waals surface area contributed by atoms with Crippen molar-refractivity contribution in [1.82, 2.24) is 10.2 Å². The van der Waals surface area contributed by atoms with Gasteiger partial charge in [0, 0.05) is 26.7 Å². The molecule has 1 saturated heterocycles. The fourth-order valence-electron chi connectivity index (χ4n) is 2.21. The predicted octanol–water partition coefficient (Wildman–Crippen LogP) is 1.38. The van der Waals surface area contributed by atoms with Crippen LogP contribution in [0.1, 0.15) is 32.6 Å². The van der Waals surface area contributed by atoms with Gasteiger partial charge in [-0.05, 0) is 32.2 Å². The van der Waals surface area contributed by atoms with Crippen LogP contribution in [0.3, 0.4) is 0 Å². The molecule has 0 radical (unpaired) electrons. The topological polar surface area (TPSA) is 48.3 Å². The second-order valence-electron chi connectivity index (χ2n) is 4.70. The van der Waals surface area contributed by atoms with Crippen molar-refractivity contribution in [2.24, 2.45) is 0 Å². The fraction of sp³-hybridized carbons (Fsp3) is 0.923. The number of hydrogen-bond donors (Lipinski definition) is 1. The molecule has 1 fully saturated rings. The summed E-state index contributed by atoms with van der Waals surface area (Å²) in [5.41, 5.74) is 0. The molecule has 98 valence electrons. The van der Waals surface area contributed by atoms with Gasteiger partial charge in [-0.15, -0.1) is 0 Å². The van der Waals surface area contributed by atoms with Crippen molar-refractivity contribution in [2.45, 2.75) is 44.8 Å². The molecule has 0 saturated carbocycles. The van der Waals surface area contributed by atoms with E-state index in [-0.39, 0.29) is 6.04 Å². The Kier molecular flexibility index (Phi) is 7.18. The van der Waals surface area contributed by atoms with E-state index in [1.807, 2.05) is 0 Å². The number of ether oxygens (including phenoxy) is 1. The quantitative estimate of drug-likeness (QED) is 0.729. The summed E-state index contributed by atoms with van der Waals surface area (Å²) in [4.78, 5) is 2.44. The summed E-state index contributed by atoms with van der Waals surface area (Å²) in [5.74, 6) is 0. The first-order chi connectivity index (χ1) is 8.30. The van der Waals surface area contributed by atoms with Crippen LogP contribution in [-0.2, 0) is 4.74 Å². The third kappa shape index (κ3) is 5.49. The van der Waals surface area contributed by atoms with E-state index in [2.05, 4.69) is 23.2 Å². The smallest absolute Gasteiger partial charge is 0.0965 e. The first-order valence-electron chi connectivity index (χ1n) is 6.68. The third-order valence-corrected chi connectivity index (χ3v) is 3.40. The molecule has 0 spiro atoms. The van der Waals surface area contributed by atoms with Gasteiger partial charge >= 0.3 is 0 Å². The maximum atomic E-state index is 9.01. The largest absolute Gasteiger partial charge is 0.381 e. The van der Waals surface area contributed by atoms with Gasteiger partial charge in [-0.25, -0.2) is 0 Å². The van der Waals surface area contributed by atoms with Crippen molar-refractivity contribution in [2.75, 3.05) is 33.3 Å². The number of rotatable bonds is 7. The van der Waals surface area contributed by atoms with Crippen LogP contribution >= 0.6 is 0 Å². The van der Waals surface area contributed by atoms with E-state index in [0.29, 0.717) is 6.10 Å². The predicted molar refractivity (Wildman–Crippen MR) is 68.8 cm³/mol. The van der Waals surface area contributed by atoms with Crippen LogP contribution in [-0.4, -0.2) is 50.3 Å². The van der Waals surface area contributed by atoms with E-state index in [4.69, 9.17) is 10.00 Å². The molecule has 0 aromatic heterocycles. The highest BCUT2D eigenvalue weighted by molar-refractivity contribution is 4.90. The van der Waals surface area contributed by atoms with Crippen LogP contribution in [0.25, 0.3) is 0 Å². The SMILES string of the molecule is CCCNC(C#N)CCN1CCC(OC)CC1. The zero-order valence-corrected chi connectivity index (χ0v) is 11.1. The maximum Gasteiger partial charge on any atom is 0.0965 e. The summed E-state index contributed by atoms with van der Waals surface area (Å²) in [6.45, 7) is 6.28. The molecule has 1 N–H and O–H groups in total. The first kappa shape index (κ1) is 14.4. The van der Waals surface area contributed by atoms with Crippen LogP contribution in [0.15, 0.2) is 0 Å². The molecule has 0 bridgehead atoms. The number of methoxy groups -OCH3 is 1. The van der Waals surface area contributed by atoms with E-state index < -0.39 is 0 Å². The van der Waals surface area contributed by atoms with E-state index in [9.17, 15) is 0 Å². The number of nitriles is 1. The van der Waals surface area contributed by atoms with Gasteiger partial charge in [-0.2, -0.15) is 5.26 Å². The lowest BCUT2D eigenvalue weighted by Crippen LogP contribution is -2.39. The molecule has 1 unspecified atom stereocenters. The van der Waals surface area contributed by atoms with E-state index >= 15 is 0 Å². The van der Waals surface area contributed by atoms with Crippen molar-refractivity contribution in [3.05, 3.63) is 0 Å². The molecule has 1 rings (SSSR count). The molecule has 1 aliphatic heterocycles. The van der Waals surface area contributed by atoms with Crippen molar-refractivity contribution in [3.63, 3.8) is 0 Å². The minimum atomic E-state index is 0.00935. The molecule has 1 atom stereocenters. The standard InChI is InChI=1S/C13H25N3O/c1-3-7-15-12(11-14)4-8-16-9-5-13(17-2)6-10-16/h12-13,15H,3-10H2,1-2H3. The molecule has 0 aliphatic carbocycles. The Labute approximate surface area is 105 Å². The lowest BCUT2D eigenvalue weighted by Gasteiger charge is -2.31. The van der Waals surface area contributed by atoms with Crippen molar-refractivity contribution in [1.29, 1.82) is 5.26 Å². The van der Waals surface area contributed by atoms with E-state index in [1.165, 1.54) is 0 Å². The van der Waals surface area contributed by atoms with Crippen molar-refractivity contribution in [3.8, 4) is 6.07 Å². The van der Waals surface area contributed by atoms with Crippen molar-refractivity contribution >= 4 is 0 Å². The van der Waals surface area contributed by atoms with Crippen LogP contribution in [0.2, 0.25) is 0 Å². The Bertz CT molecular complexity index is 231. The molecule has 0 amide bonds. The zero-order chi connectivity index (χ0) is 12.5.